The zero-order chi connectivity index (χ0) is 14.0. The van der Waals surface area contributed by atoms with Gasteiger partial charge in [0.2, 0.25) is 0 Å². The molecule has 0 aliphatic rings. The molecule has 0 amide bonds. The van der Waals surface area contributed by atoms with Crippen LogP contribution in [0.25, 0.3) is 0 Å². The van der Waals surface area contributed by atoms with Crippen LogP contribution < -0.4 is 10.5 Å². The average molecular weight is 276 g/mol. The van der Waals surface area contributed by atoms with Crippen molar-refractivity contribution in [1.82, 2.24) is 4.98 Å². The summed E-state index contributed by atoms with van der Waals surface area (Å²) in [5, 5.41) is 0.904. The Hall–Kier alpha value is -1.88. The maximum Gasteiger partial charge on any atom is 0.163 e. The summed E-state index contributed by atoms with van der Waals surface area (Å²) in [7, 11) is 0. The smallest absolute Gasteiger partial charge is 0.163 e. The average Bonchev–Trinajstić information content (AvgIpc) is 2.67. The Labute approximate surface area is 116 Å². The number of carbonyl (C=O) groups excluding carboxylic acids is 1. The number of Topliss-reactive ketones (excluding diaryl/α,β-unsaturated/α-hetero) is 1. The van der Waals surface area contributed by atoms with E-state index in [-0.39, 0.29) is 5.78 Å². The number of thiazole rings is 1. The number of anilines is 1. The number of rotatable bonds is 4. The maximum atomic E-state index is 11.5. The third kappa shape index (κ3) is 3.12. The number of ketones is 1. The normalized spacial score (nSPS) is 10.5. The number of aromatic nitrogens is 1. The Morgan fingerprint density at radius 2 is 2.16 bits per heavy atom. The summed E-state index contributed by atoms with van der Waals surface area (Å²) in [6.45, 7) is 5.86. The summed E-state index contributed by atoms with van der Waals surface area (Å²) in [4.78, 5) is 17.1. The fraction of sp³-hybridized carbons (Fsp3) is 0.286. The van der Waals surface area contributed by atoms with Gasteiger partial charge in [-0.2, -0.15) is 0 Å². The highest BCUT2D eigenvalue weighted by molar-refractivity contribution is 7.11. The molecule has 19 heavy (non-hydrogen) atoms. The fourth-order valence-electron chi connectivity index (χ4n) is 1.69. The van der Waals surface area contributed by atoms with E-state index in [1.165, 1.54) is 11.8 Å². The Morgan fingerprint density at radius 3 is 2.74 bits per heavy atom. The van der Waals surface area contributed by atoms with Crippen molar-refractivity contribution < 1.29 is 9.53 Å². The SMILES string of the molecule is CC(=O)c1cc(N)ccc1OCc1nc(C)c(C)s1. The monoisotopic (exact) mass is 276 g/mol. The molecule has 1 heterocycles. The summed E-state index contributed by atoms with van der Waals surface area (Å²) in [6.07, 6.45) is 0. The summed E-state index contributed by atoms with van der Waals surface area (Å²) < 4.78 is 5.68. The molecule has 2 aromatic rings. The van der Waals surface area contributed by atoms with Crippen molar-refractivity contribution in [2.45, 2.75) is 27.4 Å². The minimum atomic E-state index is -0.0613. The van der Waals surface area contributed by atoms with Crippen LogP contribution in [0.4, 0.5) is 5.69 Å². The molecular weight excluding hydrogens is 260 g/mol. The van der Waals surface area contributed by atoms with Crippen LogP contribution in [0.1, 0.15) is 32.9 Å². The van der Waals surface area contributed by atoms with Gasteiger partial charge >= 0.3 is 0 Å². The van der Waals surface area contributed by atoms with Gasteiger partial charge in [0.25, 0.3) is 0 Å². The van der Waals surface area contributed by atoms with Gasteiger partial charge in [-0.25, -0.2) is 4.98 Å². The van der Waals surface area contributed by atoms with E-state index in [9.17, 15) is 4.79 Å². The number of benzene rings is 1. The van der Waals surface area contributed by atoms with E-state index in [4.69, 9.17) is 10.5 Å². The minimum Gasteiger partial charge on any atom is -0.486 e. The molecule has 1 aromatic carbocycles. The lowest BCUT2D eigenvalue weighted by atomic mass is 10.1. The molecule has 5 heteroatoms. The van der Waals surface area contributed by atoms with Gasteiger partial charge in [0.1, 0.15) is 17.4 Å². The van der Waals surface area contributed by atoms with Crippen LogP contribution in [0, 0.1) is 13.8 Å². The first-order chi connectivity index (χ1) is 8.97. The first kappa shape index (κ1) is 13.5. The molecule has 0 aliphatic heterocycles. The number of aryl methyl sites for hydroxylation is 2. The molecule has 1 aromatic heterocycles. The molecule has 0 atom stereocenters. The zero-order valence-corrected chi connectivity index (χ0v) is 12.0. The third-order valence-electron chi connectivity index (χ3n) is 2.81. The molecule has 4 nitrogen and oxygen atoms in total. The van der Waals surface area contributed by atoms with Crippen LogP contribution in [0.15, 0.2) is 18.2 Å². The number of hydrogen-bond donors (Lipinski definition) is 1. The topological polar surface area (TPSA) is 65.2 Å². The molecular formula is C14H16N2O2S. The van der Waals surface area contributed by atoms with E-state index in [1.54, 1.807) is 29.5 Å². The van der Waals surface area contributed by atoms with Gasteiger partial charge in [0.05, 0.1) is 11.3 Å². The summed E-state index contributed by atoms with van der Waals surface area (Å²) in [5.74, 6) is 0.487. The van der Waals surface area contributed by atoms with Crippen molar-refractivity contribution in [3.8, 4) is 5.75 Å². The number of nitrogens with two attached hydrogens (primary N) is 1. The predicted octanol–water partition coefficient (Wildman–Crippen LogP) is 3.12. The van der Waals surface area contributed by atoms with Crippen LogP contribution in [0.3, 0.4) is 0 Å². The minimum absolute atomic E-state index is 0.0613. The zero-order valence-electron chi connectivity index (χ0n) is 11.2. The summed E-state index contributed by atoms with van der Waals surface area (Å²) >= 11 is 1.61. The van der Waals surface area contributed by atoms with Gasteiger partial charge in [-0.1, -0.05) is 0 Å². The number of ether oxygens (including phenoxy) is 1. The van der Waals surface area contributed by atoms with Crippen molar-refractivity contribution in [3.63, 3.8) is 0 Å². The van der Waals surface area contributed by atoms with Crippen LogP contribution in [-0.4, -0.2) is 10.8 Å². The molecule has 100 valence electrons. The predicted molar refractivity (Wildman–Crippen MR) is 76.8 cm³/mol. The molecule has 0 spiro atoms. The second-order valence-corrected chi connectivity index (χ2v) is 5.64. The Morgan fingerprint density at radius 1 is 1.42 bits per heavy atom. The van der Waals surface area contributed by atoms with Crippen LogP contribution >= 0.6 is 11.3 Å². The highest BCUT2D eigenvalue weighted by Gasteiger charge is 2.10. The van der Waals surface area contributed by atoms with Gasteiger partial charge in [-0.15, -0.1) is 11.3 Å². The Balaban J connectivity index is 2.17. The van der Waals surface area contributed by atoms with Gasteiger partial charge in [0, 0.05) is 10.6 Å². The molecule has 0 saturated carbocycles. The van der Waals surface area contributed by atoms with E-state index in [0.717, 1.165) is 10.7 Å². The van der Waals surface area contributed by atoms with Crippen molar-refractivity contribution in [2.24, 2.45) is 0 Å². The molecule has 2 rings (SSSR count). The molecule has 0 aliphatic carbocycles. The standard InChI is InChI=1S/C14H16N2O2S/c1-8-10(3)19-14(16-8)7-18-13-5-4-11(15)6-12(13)9(2)17/h4-6H,7,15H2,1-3H3. The number of nitrogens with zero attached hydrogens (tertiary/aromatic N) is 1. The first-order valence-electron chi connectivity index (χ1n) is 5.93. The second kappa shape index (κ2) is 5.40. The first-order valence-corrected chi connectivity index (χ1v) is 6.75. The van der Waals surface area contributed by atoms with Crippen LogP contribution in [0.5, 0.6) is 5.75 Å². The van der Waals surface area contributed by atoms with E-state index in [1.807, 2.05) is 13.8 Å². The number of hydrogen-bond acceptors (Lipinski definition) is 5. The lowest BCUT2D eigenvalue weighted by Gasteiger charge is -2.09. The molecule has 2 N–H and O–H groups in total. The second-order valence-electron chi connectivity index (χ2n) is 4.35. The molecule has 0 saturated heterocycles. The largest absolute Gasteiger partial charge is 0.486 e. The molecule has 0 bridgehead atoms. The maximum absolute atomic E-state index is 11.5. The van der Waals surface area contributed by atoms with E-state index in [0.29, 0.717) is 23.6 Å². The van der Waals surface area contributed by atoms with Crippen LogP contribution in [-0.2, 0) is 6.61 Å². The number of nitrogen functional groups attached to an aromatic ring is 1. The van der Waals surface area contributed by atoms with Gasteiger partial charge in [-0.05, 0) is 39.0 Å². The highest BCUT2D eigenvalue weighted by Crippen LogP contribution is 2.24. The Kier molecular flexibility index (Phi) is 3.85. The fourth-order valence-corrected chi connectivity index (χ4v) is 2.54. The summed E-state index contributed by atoms with van der Waals surface area (Å²) in [5.41, 5.74) is 7.76. The quantitative estimate of drug-likeness (QED) is 0.688. The summed E-state index contributed by atoms with van der Waals surface area (Å²) in [6, 6.07) is 5.08. The lowest BCUT2D eigenvalue weighted by Crippen LogP contribution is -2.02. The van der Waals surface area contributed by atoms with Gasteiger partial charge < -0.3 is 10.5 Å². The number of carbonyl (C=O) groups is 1. The van der Waals surface area contributed by atoms with E-state index in [2.05, 4.69) is 4.98 Å². The van der Waals surface area contributed by atoms with Gasteiger partial charge in [-0.3, -0.25) is 4.79 Å². The molecule has 0 radical (unpaired) electrons. The van der Waals surface area contributed by atoms with Crippen molar-refractivity contribution in [1.29, 1.82) is 0 Å². The highest BCUT2D eigenvalue weighted by atomic mass is 32.1. The lowest BCUT2D eigenvalue weighted by molar-refractivity contribution is 0.101. The van der Waals surface area contributed by atoms with Crippen LogP contribution in [0.2, 0.25) is 0 Å². The van der Waals surface area contributed by atoms with Crippen molar-refractivity contribution in [3.05, 3.63) is 39.3 Å². The van der Waals surface area contributed by atoms with Gasteiger partial charge in [0.15, 0.2) is 5.78 Å². The molecule has 0 unspecified atom stereocenters. The van der Waals surface area contributed by atoms with Crippen molar-refractivity contribution >= 4 is 22.8 Å². The van der Waals surface area contributed by atoms with E-state index >= 15 is 0 Å². The van der Waals surface area contributed by atoms with Crippen molar-refractivity contribution in [2.75, 3.05) is 5.73 Å². The van der Waals surface area contributed by atoms with E-state index < -0.39 is 0 Å². The molecule has 0 fully saturated rings. The third-order valence-corrected chi connectivity index (χ3v) is 3.85. The Bertz CT molecular complexity index is 600.